The Morgan fingerprint density at radius 2 is 1.34 bits per heavy atom. The summed E-state index contributed by atoms with van der Waals surface area (Å²) < 4.78 is 55.7. The molecule has 10 heteroatoms. The fraction of sp³-hybridized carbons (Fsp3) is 0.200. The Morgan fingerprint density at radius 3 is 1.89 bits per heavy atom. The first kappa shape index (κ1) is 25.6. The molecule has 0 saturated heterocycles. The van der Waals surface area contributed by atoms with Crippen LogP contribution in [-0.2, 0) is 10.0 Å². The lowest BCUT2D eigenvalue weighted by Crippen LogP contribution is -2.14. The highest BCUT2D eigenvalue weighted by Gasteiger charge is 2.19. The van der Waals surface area contributed by atoms with E-state index in [4.69, 9.17) is 29.4 Å². The van der Waals surface area contributed by atoms with E-state index in [2.05, 4.69) is 4.72 Å². The molecule has 0 aromatic heterocycles. The van der Waals surface area contributed by atoms with Gasteiger partial charge in [0.2, 0.25) is 5.75 Å². The number of rotatable bonds is 10. The van der Waals surface area contributed by atoms with Crippen molar-refractivity contribution in [2.75, 3.05) is 46.0 Å². The van der Waals surface area contributed by atoms with Crippen molar-refractivity contribution in [2.24, 2.45) is 0 Å². The molecular weight excluding hydrogens is 472 g/mol. The molecule has 3 rings (SSSR count). The molecule has 0 saturated carbocycles. The summed E-state index contributed by atoms with van der Waals surface area (Å²) in [6.45, 7) is 0. The number of nitrogens with two attached hydrogens (primary N) is 1. The van der Waals surface area contributed by atoms with Gasteiger partial charge in [-0.15, -0.1) is 0 Å². The van der Waals surface area contributed by atoms with Crippen LogP contribution in [0.1, 0.15) is 11.1 Å². The molecule has 0 heterocycles. The van der Waals surface area contributed by atoms with Crippen molar-refractivity contribution in [3.8, 4) is 28.7 Å². The molecule has 0 atom stereocenters. The van der Waals surface area contributed by atoms with Gasteiger partial charge >= 0.3 is 0 Å². The number of nitrogens with one attached hydrogen (secondary N) is 1. The van der Waals surface area contributed by atoms with Gasteiger partial charge in [-0.25, -0.2) is 8.42 Å². The average Bonchev–Trinajstić information content (AvgIpc) is 2.86. The van der Waals surface area contributed by atoms with Gasteiger partial charge in [0.1, 0.15) is 0 Å². The molecule has 3 aromatic carbocycles. The maximum atomic E-state index is 13.1. The molecule has 0 spiro atoms. The van der Waals surface area contributed by atoms with Gasteiger partial charge in [0.05, 0.1) is 46.1 Å². The lowest BCUT2D eigenvalue weighted by molar-refractivity contribution is 0.324. The summed E-state index contributed by atoms with van der Waals surface area (Å²) >= 11 is 0. The van der Waals surface area contributed by atoms with Gasteiger partial charge < -0.3 is 29.4 Å². The van der Waals surface area contributed by atoms with E-state index in [-0.39, 0.29) is 10.6 Å². The summed E-state index contributed by atoms with van der Waals surface area (Å²) in [7, 11) is 3.63. The third kappa shape index (κ3) is 5.72. The van der Waals surface area contributed by atoms with Crippen molar-refractivity contribution < 1.29 is 32.1 Å². The van der Waals surface area contributed by atoms with Crippen LogP contribution in [0.5, 0.6) is 28.7 Å². The van der Waals surface area contributed by atoms with Gasteiger partial charge in [0.25, 0.3) is 10.0 Å². The Hall–Kier alpha value is -4.05. The number of sulfonamides is 1. The molecule has 0 radical (unpaired) electrons. The van der Waals surface area contributed by atoms with Gasteiger partial charge in [-0.3, -0.25) is 4.72 Å². The number of benzene rings is 3. The molecule has 0 fully saturated rings. The van der Waals surface area contributed by atoms with Crippen LogP contribution in [0.4, 0.5) is 11.4 Å². The first-order valence-corrected chi connectivity index (χ1v) is 11.9. The highest BCUT2D eigenvalue weighted by molar-refractivity contribution is 7.92. The molecule has 3 aromatic rings. The Kier molecular flexibility index (Phi) is 7.98. The Labute approximate surface area is 205 Å². The van der Waals surface area contributed by atoms with Crippen LogP contribution < -0.4 is 34.1 Å². The normalized spacial score (nSPS) is 11.2. The van der Waals surface area contributed by atoms with Crippen LogP contribution in [0.25, 0.3) is 12.2 Å². The van der Waals surface area contributed by atoms with Gasteiger partial charge in [-0.05, 0) is 42.0 Å². The second kappa shape index (κ2) is 10.9. The van der Waals surface area contributed by atoms with Crippen LogP contribution in [0.3, 0.4) is 0 Å². The van der Waals surface area contributed by atoms with E-state index in [1.807, 2.05) is 0 Å². The maximum absolute atomic E-state index is 13.1. The summed E-state index contributed by atoms with van der Waals surface area (Å²) in [6, 6.07) is 12.8. The minimum Gasteiger partial charge on any atom is -0.493 e. The van der Waals surface area contributed by atoms with E-state index in [0.717, 1.165) is 5.56 Å². The Balaban J connectivity index is 2.09. The maximum Gasteiger partial charge on any atom is 0.261 e. The van der Waals surface area contributed by atoms with Crippen LogP contribution in [0, 0.1) is 0 Å². The highest BCUT2D eigenvalue weighted by Crippen LogP contribution is 2.39. The fourth-order valence-corrected chi connectivity index (χ4v) is 4.52. The van der Waals surface area contributed by atoms with Crippen LogP contribution in [-0.4, -0.2) is 44.0 Å². The molecule has 0 aliphatic heterocycles. The molecule has 3 N–H and O–H groups in total. The zero-order chi connectivity index (χ0) is 25.6. The molecule has 0 aliphatic rings. The van der Waals surface area contributed by atoms with E-state index in [1.54, 1.807) is 48.6 Å². The number of hydrogen-bond acceptors (Lipinski definition) is 8. The minimum atomic E-state index is -3.93. The Morgan fingerprint density at radius 1 is 0.743 bits per heavy atom. The van der Waals surface area contributed by atoms with Gasteiger partial charge in [-0.1, -0.05) is 18.2 Å². The third-order valence-electron chi connectivity index (χ3n) is 5.11. The predicted molar refractivity (Wildman–Crippen MR) is 136 cm³/mol. The summed E-state index contributed by atoms with van der Waals surface area (Å²) in [5.74, 6) is 2.24. The van der Waals surface area contributed by atoms with E-state index < -0.39 is 10.0 Å². The van der Waals surface area contributed by atoms with Gasteiger partial charge in [0.15, 0.2) is 23.0 Å². The SMILES string of the molecule is COc1cc(/C=C\c2cc(OC)c(OC)c(OC)c2)c(NS(=O)(=O)c2cccc(N)c2)cc1OC. The highest BCUT2D eigenvalue weighted by atomic mass is 32.2. The average molecular weight is 501 g/mol. The standard InChI is InChI=1S/C25H28N2O7S/c1-30-21-13-17(10-9-16-11-23(32-3)25(34-5)24(12-16)33-4)20(15-22(21)31-2)27-35(28,29)19-8-6-7-18(26)14-19/h6-15,27H,26H2,1-5H3/b10-9-. The second-order valence-corrected chi connectivity index (χ2v) is 8.95. The zero-order valence-corrected chi connectivity index (χ0v) is 20.9. The van der Waals surface area contributed by atoms with Crippen LogP contribution in [0.2, 0.25) is 0 Å². The Bertz CT molecular complexity index is 1310. The van der Waals surface area contributed by atoms with Crippen molar-refractivity contribution in [1.29, 1.82) is 0 Å². The molecule has 0 unspecified atom stereocenters. The monoisotopic (exact) mass is 500 g/mol. The van der Waals surface area contributed by atoms with E-state index in [0.29, 0.717) is 40.0 Å². The van der Waals surface area contributed by atoms with E-state index in [1.165, 1.54) is 47.7 Å². The first-order valence-electron chi connectivity index (χ1n) is 10.4. The molecule has 186 valence electrons. The second-order valence-electron chi connectivity index (χ2n) is 7.26. The predicted octanol–water partition coefficient (Wildman–Crippen LogP) is 4.28. The number of methoxy groups -OCH3 is 5. The van der Waals surface area contributed by atoms with Crippen molar-refractivity contribution in [1.82, 2.24) is 0 Å². The van der Waals surface area contributed by atoms with Crippen LogP contribution in [0.15, 0.2) is 53.4 Å². The first-order chi connectivity index (χ1) is 16.8. The van der Waals surface area contributed by atoms with Crippen molar-refractivity contribution in [3.63, 3.8) is 0 Å². The van der Waals surface area contributed by atoms with Crippen LogP contribution >= 0.6 is 0 Å². The quantitative estimate of drug-likeness (QED) is 0.313. The molecule has 0 bridgehead atoms. The molecule has 0 aliphatic carbocycles. The van der Waals surface area contributed by atoms with Crippen molar-refractivity contribution in [2.45, 2.75) is 4.90 Å². The number of anilines is 2. The largest absolute Gasteiger partial charge is 0.493 e. The smallest absolute Gasteiger partial charge is 0.261 e. The minimum absolute atomic E-state index is 0.0341. The zero-order valence-electron chi connectivity index (χ0n) is 20.1. The lowest BCUT2D eigenvalue weighted by atomic mass is 10.1. The lowest BCUT2D eigenvalue weighted by Gasteiger charge is -2.15. The molecule has 0 amide bonds. The molecular formula is C25H28N2O7S. The third-order valence-corrected chi connectivity index (χ3v) is 6.47. The molecule has 9 nitrogen and oxygen atoms in total. The summed E-state index contributed by atoms with van der Waals surface area (Å²) in [5, 5.41) is 0. The fourth-order valence-electron chi connectivity index (χ4n) is 3.39. The van der Waals surface area contributed by atoms with Gasteiger partial charge in [-0.2, -0.15) is 0 Å². The summed E-state index contributed by atoms with van der Waals surface area (Å²) in [4.78, 5) is 0.0341. The van der Waals surface area contributed by atoms with E-state index in [9.17, 15) is 8.42 Å². The summed E-state index contributed by atoms with van der Waals surface area (Å²) in [5.41, 5.74) is 7.66. The van der Waals surface area contributed by atoms with Crippen molar-refractivity contribution >= 4 is 33.6 Å². The van der Waals surface area contributed by atoms with Gasteiger partial charge in [0, 0.05) is 17.3 Å². The number of nitrogen functional groups attached to an aromatic ring is 1. The summed E-state index contributed by atoms with van der Waals surface area (Å²) in [6.07, 6.45) is 3.52. The van der Waals surface area contributed by atoms with E-state index >= 15 is 0 Å². The number of ether oxygens (including phenoxy) is 5. The topological polar surface area (TPSA) is 118 Å². The number of hydrogen-bond donors (Lipinski definition) is 2. The molecule has 35 heavy (non-hydrogen) atoms. The van der Waals surface area contributed by atoms with Crippen molar-refractivity contribution in [3.05, 3.63) is 59.7 Å².